The van der Waals surface area contributed by atoms with E-state index in [9.17, 15) is 0 Å². The first-order valence-corrected chi connectivity index (χ1v) is 5.89. The fourth-order valence-electron chi connectivity index (χ4n) is 1.03. The second kappa shape index (κ2) is 4.84. The number of nitrogens with zero attached hydrogens (tertiary/aromatic N) is 1. The van der Waals surface area contributed by atoms with Crippen LogP contribution >= 0.6 is 15.9 Å². The Morgan fingerprint density at radius 3 is 2.73 bits per heavy atom. The molecule has 1 rings (SSSR count). The maximum atomic E-state index is 5.62. The van der Waals surface area contributed by atoms with Gasteiger partial charge in [-0.2, -0.15) is 0 Å². The Balaban J connectivity index is 2.66. The van der Waals surface area contributed by atoms with Gasteiger partial charge in [0.25, 0.3) is 0 Å². The lowest BCUT2D eigenvalue weighted by atomic mass is 9.90. The van der Waals surface area contributed by atoms with Crippen molar-refractivity contribution in [3.8, 4) is 0 Å². The quantitative estimate of drug-likeness (QED) is 0.884. The summed E-state index contributed by atoms with van der Waals surface area (Å²) in [4.78, 5) is 4.23. The Kier molecular flexibility index (Phi) is 3.97. The van der Waals surface area contributed by atoms with E-state index >= 15 is 0 Å². The standard InChI is InChI=1S/C11H18BrN3/c1-4-11(2,3)7-15-10-9(12)5-8(13)6-14-10/h5-6H,4,7,13H2,1-3H3,(H,14,15). The SMILES string of the molecule is CCC(C)(C)CNc1ncc(N)cc1Br. The summed E-state index contributed by atoms with van der Waals surface area (Å²) >= 11 is 3.43. The van der Waals surface area contributed by atoms with Gasteiger partial charge in [0, 0.05) is 6.54 Å². The van der Waals surface area contributed by atoms with Crippen LogP contribution in [0.2, 0.25) is 0 Å². The molecule has 0 unspecified atom stereocenters. The average molecular weight is 272 g/mol. The third kappa shape index (κ3) is 3.70. The summed E-state index contributed by atoms with van der Waals surface area (Å²) in [5, 5.41) is 3.32. The van der Waals surface area contributed by atoms with Gasteiger partial charge in [0.2, 0.25) is 0 Å². The number of nitrogens with one attached hydrogen (secondary N) is 1. The molecule has 1 aromatic rings. The molecule has 84 valence electrons. The number of anilines is 2. The van der Waals surface area contributed by atoms with Crippen LogP contribution in [-0.2, 0) is 0 Å². The van der Waals surface area contributed by atoms with Crippen molar-refractivity contribution in [2.24, 2.45) is 5.41 Å². The van der Waals surface area contributed by atoms with Crippen molar-refractivity contribution in [2.45, 2.75) is 27.2 Å². The molecule has 3 nitrogen and oxygen atoms in total. The van der Waals surface area contributed by atoms with Gasteiger partial charge in [0.15, 0.2) is 0 Å². The molecule has 0 amide bonds. The van der Waals surface area contributed by atoms with Gasteiger partial charge in [-0.3, -0.25) is 0 Å². The predicted molar refractivity (Wildman–Crippen MR) is 68.9 cm³/mol. The van der Waals surface area contributed by atoms with Crippen LogP contribution in [0.3, 0.4) is 0 Å². The van der Waals surface area contributed by atoms with E-state index in [4.69, 9.17) is 5.73 Å². The lowest BCUT2D eigenvalue weighted by molar-refractivity contribution is 0.376. The Hall–Kier alpha value is -0.770. The number of pyridine rings is 1. The van der Waals surface area contributed by atoms with Crippen LogP contribution in [0.4, 0.5) is 11.5 Å². The van der Waals surface area contributed by atoms with Crippen LogP contribution in [0.5, 0.6) is 0 Å². The zero-order chi connectivity index (χ0) is 11.5. The van der Waals surface area contributed by atoms with Crippen LogP contribution in [0.15, 0.2) is 16.7 Å². The van der Waals surface area contributed by atoms with Crippen LogP contribution in [0.25, 0.3) is 0 Å². The molecule has 0 saturated carbocycles. The molecule has 4 heteroatoms. The van der Waals surface area contributed by atoms with E-state index in [1.54, 1.807) is 6.20 Å². The van der Waals surface area contributed by atoms with E-state index in [0.29, 0.717) is 5.69 Å². The second-order valence-corrected chi connectivity index (χ2v) is 5.32. The Morgan fingerprint density at radius 1 is 1.53 bits per heavy atom. The summed E-state index contributed by atoms with van der Waals surface area (Å²) in [6.07, 6.45) is 2.79. The van der Waals surface area contributed by atoms with Crippen molar-refractivity contribution >= 4 is 27.4 Å². The second-order valence-electron chi connectivity index (χ2n) is 4.47. The number of hydrogen-bond acceptors (Lipinski definition) is 3. The number of nitrogen functional groups attached to an aromatic ring is 1. The Labute approximate surface area is 99.6 Å². The van der Waals surface area contributed by atoms with E-state index in [-0.39, 0.29) is 5.41 Å². The summed E-state index contributed by atoms with van der Waals surface area (Å²) in [6.45, 7) is 7.54. The Bertz CT molecular complexity index is 337. The van der Waals surface area contributed by atoms with Crippen LogP contribution in [0.1, 0.15) is 27.2 Å². The van der Waals surface area contributed by atoms with Gasteiger partial charge in [-0.15, -0.1) is 0 Å². The van der Waals surface area contributed by atoms with Gasteiger partial charge in [0.05, 0.1) is 16.4 Å². The molecule has 0 aromatic carbocycles. The minimum Gasteiger partial charge on any atom is -0.397 e. The number of aromatic nitrogens is 1. The molecule has 1 heterocycles. The number of halogens is 1. The molecular formula is C11H18BrN3. The highest BCUT2D eigenvalue weighted by Gasteiger charge is 2.15. The summed E-state index contributed by atoms with van der Waals surface area (Å²) in [5.74, 6) is 0.853. The molecule has 0 bridgehead atoms. The third-order valence-corrected chi connectivity index (χ3v) is 3.16. The van der Waals surface area contributed by atoms with Crippen molar-refractivity contribution in [1.82, 2.24) is 4.98 Å². The molecule has 0 atom stereocenters. The molecule has 0 saturated heterocycles. The molecular weight excluding hydrogens is 254 g/mol. The van der Waals surface area contributed by atoms with Gasteiger partial charge in [0.1, 0.15) is 5.82 Å². The maximum Gasteiger partial charge on any atom is 0.140 e. The minimum atomic E-state index is 0.280. The summed E-state index contributed by atoms with van der Waals surface area (Å²) in [6, 6.07) is 1.86. The normalized spacial score (nSPS) is 11.5. The lowest BCUT2D eigenvalue weighted by Crippen LogP contribution is -2.22. The zero-order valence-corrected chi connectivity index (χ0v) is 11.1. The van der Waals surface area contributed by atoms with E-state index in [1.165, 1.54) is 0 Å². The molecule has 0 aliphatic carbocycles. The van der Waals surface area contributed by atoms with Crippen molar-refractivity contribution in [1.29, 1.82) is 0 Å². The first-order chi connectivity index (χ1) is 6.94. The number of nitrogens with two attached hydrogens (primary N) is 1. The smallest absolute Gasteiger partial charge is 0.140 e. The highest BCUT2D eigenvalue weighted by Crippen LogP contribution is 2.25. The lowest BCUT2D eigenvalue weighted by Gasteiger charge is -2.23. The predicted octanol–water partition coefficient (Wildman–Crippen LogP) is 3.27. The van der Waals surface area contributed by atoms with Gasteiger partial charge in [-0.1, -0.05) is 20.8 Å². The maximum absolute atomic E-state index is 5.62. The van der Waals surface area contributed by atoms with Crippen molar-refractivity contribution in [2.75, 3.05) is 17.6 Å². The average Bonchev–Trinajstić information content (AvgIpc) is 2.16. The molecule has 0 spiro atoms. The fourth-order valence-corrected chi connectivity index (χ4v) is 1.54. The van der Waals surface area contributed by atoms with Crippen LogP contribution in [0, 0.1) is 5.41 Å². The first kappa shape index (κ1) is 12.3. The fraction of sp³-hybridized carbons (Fsp3) is 0.545. The van der Waals surface area contributed by atoms with E-state index in [2.05, 4.69) is 47.0 Å². The van der Waals surface area contributed by atoms with Gasteiger partial charge in [-0.05, 0) is 33.8 Å². The molecule has 1 aromatic heterocycles. The minimum absolute atomic E-state index is 0.280. The molecule has 0 aliphatic heterocycles. The van der Waals surface area contributed by atoms with E-state index < -0.39 is 0 Å². The van der Waals surface area contributed by atoms with Crippen molar-refractivity contribution in [3.63, 3.8) is 0 Å². The number of hydrogen-bond donors (Lipinski definition) is 2. The largest absolute Gasteiger partial charge is 0.397 e. The summed E-state index contributed by atoms with van der Waals surface area (Å²) in [7, 11) is 0. The van der Waals surface area contributed by atoms with Gasteiger partial charge < -0.3 is 11.1 Å². The highest BCUT2D eigenvalue weighted by molar-refractivity contribution is 9.10. The van der Waals surface area contributed by atoms with Gasteiger partial charge in [-0.25, -0.2) is 4.98 Å². The van der Waals surface area contributed by atoms with E-state index in [0.717, 1.165) is 23.3 Å². The Morgan fingerprint density at radius 2 is 2.20 bits per heavy atom. The molecule has 0 fully saturated rings. The highest BCUT2D eigenvalue weighted by atomic mass is 79.9. The van der Waals surface area contributed by atoms with E-state index in [1.807, 2.05) is 6.07 Å². The molecule has 0 radical (unpaired) electrons. The van der Waals surface area contributed by atoms with Crippen molar-refractivity contribution in [3.05, 3.63) is 16.7 Å². The summed E-state index contributed by atoms with van der Waals surface area (Å²) in [5.41, 5.74) is 6.56. The molecule has 15 heavy (non-hydrogen) atoms. The monoisotopic (exact) mass is 271 g/mol. The van der Waals surface area contributed by atoms with Crippen LogP contribution < -0.4 is 11.1 Å². The van der Waals surface area contributed by atoms with Crippen LogP contribution in [-0.4, -0.2) is 11.5 Å². The first-order valence-electron chi connectivity index (χ1n) is 5.09. The molecule has 3 N–H and O–H groups in total. The molecule has 0 aliphatic rings. The van der Waals surface area contributed by atoms with Gasteiger partial charge >= 0.3 is 0 Å². The summed E-state index contributed by atoms with van der Waals surface area (Å²) < 4.78 is 0.911. The topological polar surface area (TPSA) is 50.9 Å². The van der Waals surface area contributed by atoms with Crippen molar-refractivity contribution < 1.29 is 0 Å². The third-order valence-electron chi connectivity index (χ3n) is 2.55. The number of rotatable bonds is 4. The zero-order valence-electron chi connectivity index (χ0n) is 9.47.